The van der Waals surface area contributed by atoms with Gasteiger partial charge in [-0.3, -0.25) is 4.79 Å². The van der Waals surface area contributed by atoms with Crippen LogP contribution in [0.2, 0.25) is 0 Å². The number of anilines is 2. The summed E-state index contributed by atoms with van der Waals surface area (Å²) >= 11 is 0. The smallest absolute Gasteiger partial charge is 0.255 e. The number of hydrogen-bond acceptors (Lipinski definition) is 3. The first-order chi connectivity index (χ1) is 12.7. The number of carbonyl (C=O) groups excluding carboxylic acids is 1. The van der Waals surface area contributed by atoms with Gasteiger partial charge in [0.15, 0.2) is 0 Å². The predicted molar refractivity (Wildman–Crippen MR) is 106 cm³/mol. The average molecular weight is 346 g/mol. The van der Waals surface area contributed by atoms with Crippen LogP contribution in [-0.2, 0) is 6.54 Å². The summed E-state index contributed by atoms with van der Waals surface area (Å²) in [5.41, 5.74) is 4.59. The molecule has 0 heterocycles. The molecule has 132 valence electrons. The van der Waals surface area contributed by atoms with Crippen LogP contribution in [0.5, 0.6) is 5.75 Å². The van der Waals surface area contributed by atoms with Crippen LogP contribution in [-0.4, -0.2) is 13.0 Å². The van der Waals surface area contributed by atoms with Crippen molar-refractivity contribution in [2.24, 2.45) is 0 Å². The molecule has 0 saturated carbocycles. The van der Waals surface area contributed by atoms with Gasteiger partial charge in [-0.25, -0.2) is 0 Å². The van der Waals surface area contributed by atoms with Crippen molar-refractivity contribution in [2.75, 3.05) is 17.7 Å². The van der Waals surface area contributed by atoms with Crippen molar-refractivity contribution in [2.45, 2.75) is 13.5 Å². The Morgan fingerprint density at radius 3 is 2.19 bits per heavy atom. The molecule has 1 amide bonds. The lowest BCUT2D eigenvalue weighted by molar-refractivity contribution is 0.102. The van der Waals surface area contributed by atoms with Crippen LogP contribution in [0, 0.1) is 6.92 Å². The molecule has 4 heteroatoms. The van der Waals surface area contributed by atoms with Gasteiger partial charge >= 0.3 is 0 Å². The molecule has 0 fully saturated rings. The van der Waals surface area contributed by atoms with Crippen LogP contribution in [0.4, 0.5) is 11.4 Å². The minimum Gasteiger partial charge on any atom is -0.497 e. The first kappa shape index (κ1) is 17.5. The lowest BCUT2D eigenvalue weighted by atomic mass is 10.1. The van der Waals surface area contributed by atoms with E-state index in [1.165, 1.54) is 5.56 Å². The summed E-state index contributed by atoms with van der Waals surface area (Å²) in [5.74, 6) is 0.754. The second-order valence-corrected chi connectivity index (χ2v) is 6.05. The zero-order valence-corrected chi connectivity index (χ0v) is 15.0. The molecule has 26 heavy (non-hydrogen) atoms. The van der Waals surface area contributed by atoms with Gasteiger partial charge in [-0.2, -0.15) is 0 Å². The van der Waals surface area contributed by atoms with Crippen molar-refractivity contribution in [3.05, 3.63) is 89.5 Å². The molecule has 0 saturated heterocycles. The van der Waals surface area contributed by atoms with Crippen LogP contribution in [0.3, 0.4) is 0 Å². The fraction of sp³-hybridized carbons (Fsp3) is 0.136. The monoisotopic (exact) mass is 346 g/mol. The third-order valence-electron chi connectivity index (χ3n) is 4.19. The molecule has 2 N–H and O–H groups in total. The van der Waals surface area contributed by atoms with E-state index >= 15 is 0 Å². The topological polar surface area (TPSA) is 50.4 Å². The fourth-order valence-electron chi connectivity index (χ4n) is 2.65. The lowest BCUT2D eigenvalue weighted by Gasteiger charge is -2.10. The van der Waals surface area contributed by atoms with Gasteiger partial charge in [0, 0.05) is 23.5 Å². The maximum atomic E-state index is 12.3. The molecule has 0 aliphatic carbocycles. The maximum Gasteiger partial charge on any atom is 0.255 e. The average Bonchev–Trinajstić information content (AvgIpc) is 2.68. The lowest BCUT2D eigenvalue weighted by Crippen LogP contribution is -2.13. The molecule has 3 aromatic carbocycles. The normalized spacial score (nSPS) is 10.2. The first-order valence-electron chi connectivity index (χ1n) is 8.49. The molecule has 0 aliphatic rings. The number of aryl methyl sites for hydroxylation is 1. The van der Waals surface area contributed by atoms with Gasteiger partial charge in [0.25, 0.3) is 5.91 Å². The van der Waals surface area contributed by atoms with Crippen molar-refractivity contribution < 1.29 is 9.53 Å². The fourth-order valence-corrected chi connectivity index (χ4v) is 2.65. The molecule has 0 bridgehead atoms. The van der Waals surface area contributed by atoms with Crippen molar-refractivity contribution in [3.63, 3.8) is 0 Å². The number of hydrogen-bond donors (Lipinski definition) is 2. The van der Waals surface area contributed by atoms with Crippen LogP contribution in [0.15, 0.2) is 72.8 Å². The third-order valence-corrected chi connectivity index (χ3v) is 4.19. The van der Waals surface area contributed by atoms with E-state index in [1.807, 2.05) is 79.7 Å². The highest BCUT2D eigenvalue weighted by Gasteiger charge is 2.08. The van der Waals surface area contributed by atoms with Gasteiger partial charge in [0.05, 0.1) is 7.11 Å². The Morgan fingerprint density at radius 2 is 1.54 bits per heavy atom. The summed E-state index contributed by atoms with van der Waals surface area (Å²) < 4.78 is 5.16. The van der Waals surface area contributed by atoms with E-state index in [0.717, 1.165) is 29.2 Å². The summed E-state index contributed by atoms with van der Waals surface area (Å²) in [6.07, 6.45) is 0. The molecule has 0 aromatic heterocycles. The van der Waals surface area contributed by atoms with E-state index in [-0.39, 0.29) is 5.91 Å². The van der Waals surface area contributed by atoms with Gasteiger partial charge < -0.3 is 15.4 Å². The molecular weight excluding hydrogens is 324 g/mol. The Balaban J connectivity index is 1.57. The number of ether oxygens (including phenoxy) is 1. The van der Waals surface area contributed by atoms with Crippen LogP contribution >= 0.6 is 0 Å². The second kappa shape index (κ2) is 8.21. The van der Waals surface area contributed by atoms with E-state index in [4.69, 9.17) is 4.74 Å². The molecule has 4 nitrogen and oxygen atoms in total. The number of rotatable bonds is 6. The van der Waals surface area contributed by atoms with Crippen LogP contribution < -0.4 is 15.4 Å². The number of carbonyl (C=O) groups is 1. The summed E-state index contributed by atoms with van der Waals surface area (Å²) in [6, 6.07) is 23.2. The highest BCUT2D eigenvalue weighted by Crippen LogP contribution is 2.17. The quantitative estimate of drug-likeness (QED) is 0.669. The molecular formula is C22H22N2O2. The zero-order chi connectivity index (χ0) is 18.4. The van der Waals surface area contributed by atoms with Gasteiger partial charge in [-0.15, -0.1) is 0 Å². The Labute approximate surface area is 153 Å². The minimum absolute atomic E-state index is 0.0953. The predicted octanol–water partition coefficient (Wildman–Crippen LogP) is 4.87. The highest BCUT2D eigenvalue weighted by molar-refractivity contribution is 6.05. The van der Waals surface area contributed by atoms with E-state index in [9.17, 15) is 4.79 Å². The van der Waals surface area contributed by atoms with Crippen LogP contribution in [0.1, 0.15) is 21.5 Å². The Morgan fingerprint density at radius 1 is 0.885 bits per heavy atom. The molecule has 0 unspecified atom stereocenters. The van der Waals surface area contributed by atoms with Crippen molar-refractivity contribution in [1.29, 1.82) is 0 Å². The van der Waals surface area contributed by atoms with Gasteiger partial charge in [-0.05, 0) is 60.5 Å². The standard InChI is InChI=1S/C22H22N2O2/c1-16-5-3-4-6-21(16)22(25)24-19-11-9-18(10-12-19)23-15-17-7-13-20(26-2)14-8-17/h3-14,23H,15H2,1-2H3,(H,24,25). The molecule has 0 aliphatic heterocycles. The van der Waals surface area contributed by atoms with E-state index < -0.39 is 0 Å². The largest absolute Gasteiger partial charge is 0.497 e. The Bertz CT molecular complexity index is 871. The van der Waals surface area contributed by atoms with E-state index in [0.29, 0.717) is 5.56 Å². The van der Waals surface area contributed by atoms with Gasteiger partial charge in [0.2, 0.25) is 0 Å². The Kier molecular flexibility index (Phi) is 5.54. The highest BCUT2D eigenvalue weighted by atomic mass is 16.5. The molecule has 0 spiro atoms. The SMILES string of the molecule is COc1ccc(CNc2ccc(NC(=O)c3ccccc3C)cc2)cc1. The minimum atomic E-state index is -0.0953. The van der Waals surface area contributed by atoms with Gasteiger partial charge in [-0.1, -0.05) is 30.3 Å². The number of nitrogens with one attached hydrogen (secondary N) is 2. The summed E-state index contributed by atoms with van der Waals surface area (Å²) in [6.45, 7) is 2.65. The first-order valence-corrected chi connectivity index (χ1v) is 8.49. The number of amides is 1. The molecule has 0 atom stereocenters. The summed E-state index contributed by atoms with van der Waals surface area (Å²) in [4.78, 5) is 12.3. The van der Waals surface area contributed by atoms with E-state index in [2.05, 4.69) is 10.6 Å². The molecule has 3 aromatic rings. The third kappa shape index (κ3) is 4.42. The number of methoxy groups -OCH3 is 1. The zero-order valence-electron chi connectivity index (χ0n) is 15.0. The van der Waals surface area contributed by atoms with Crippen molar-refractivity contribution in [3.8, 4) is 5.75 Å². The maximum absolute atomic E-state index is 12.3. The van der Waals surface area contributed by atoms with Crippen molar-refractivity contribution in [1.82, 2.24) is 0 Å². The van der Waals surface area contributed by atoms with E-state index in [1.54, 1.807) is 7.11 Å². The van der Waals surface area contributed by atoms with Gasteiger partial charge in [0.1, 0.15) is 5.75 Å². The second-order valence-electron chi connectivity index (χ2n) is 6.05. The molecule has 3 rings (SSSR count). The summed E-state index contributed by atoms with van der Waals surface area (Å²) in [5, 5.41) is 6.30. The number of benzene rings is 3. The van der Waals surface area contributed by atoms with Crippen molar-refractivity contribution >= 4 is 17.3 Å². The van der Waals surface area contributed by atoms with Crippen LogP contribution in [0.25, 0.3) is 0 Å². The molecule has 0 radical (unpaired) electrons. The Hall–Kier alpha value is -3.27. The summed E-state index contributed by atoms with van der Waals surface area (Å²) in [7, 11) is 1.66.